The van der Waals surface area contributed by atoms with Gasteiger partial charge in [0.25, 0.3) is 0 Å². The monoisotopic (exact) mass is 336 g/mol. The molecular weight excluding hydrogens is 312 g/mol. The van der Waals surface area contributed by atoms with Gasteiger partial charge in [-0.2, -0.15) is 0 Å². The van der Waals surface area contributed by atoms with Gasteiger partial charge in [0, 0.05) is 30.6 Å². The molecule has 130 valence electrons. The molecule has 1 saturated heterocycles. The lowest BCUT2D eigenvalue weighted by Gasteiger charge is -2.31. The molecule has 4 rings (SSSR count). The summed E-state index contributed by atoms with van der Waals surface area (Å²) < 4.78 is 5.51. The Balaban J connectivity index is 1.34. The molecule has 1 aromatic carbocycles. The zero-order valence-corrected chi connectivity index (χ0v) is 14.6. The average molecular weight is 336 g/mol. The van der Waals surface area contributed by atoms with E-state index in [0.717, 1.165) is 36.5 Å². The third-order valence-corrected chi connectivity index (χ3v) is 4.95. The van der Waals surface area contributed by atoms with Crippen LogP contribution in [0.1, 0.15) is 36.9 Å². The van der Waals surface area contributed by atoms with Crippen LogP contribution < -0.4 is 4.74 Å². The number of hydrogen-bond donors (Lipinski definition) is 1. The second-order valence-corrected chi connectivity index (χ2v) is 6.64. The second kappa shape index (κ2) is 7.23. The van der Waals surface area contributed by atoms with Crippen LogP contribution in [0.3, 0.4) is 0 Å². The highest BCUT2D eigenvalue weighted by atomic mass is 16.5. The van der Waals surface area contributed by atoms with Crippen molar-refractivity contribution in [2.75, 3.05) is 19.7 Å². The Bertz CT molecular complexity index is 786. The van der Waals surface area contributed by atoms with E-state index in [9.17, 15) is 0 Å². The number of rotatable bonds is 5. The van der Waals surface area contributed by atoms with Crippen LogP contribution in [0.5, 0.6) is 5.75 Å². The number of ether oxygens (including phenoxy) is 1. The van der Waals surface area contributed by atoms with Crippen molar-refractivity contribution in [3.8, 4) is 5.75 Å². The third-order valence-electron chi connectivity index (χ3n) is 4.95. The van der Waals surface area contributed by atoms with E-state index in [0.29, 0.717) is 12.5 Å². The van der Waals surface area contributed by atoms with Crippen molar-refractivity contribution in [2.24, 2.45) is 0 Å². The molecule has 3 heterocycles. The van der Waals surface area contributed by atoms with Gasteiger partial charge in [0.05, 0.1) is 6.61 Å². The topological polar surface area (TPSA) is 54.0 Å². The number of likely N-dealkylation sites (tertiary alicyclic amines) is 1. The van der Waals surface area contributed by atoms with E-state index in [2.05, 4.69) is 50.2 Å². The van der Waals surface area contributed by atoms with E-state index in [1.165, 1.54) is 24.1 Å². The van der Waals surface area contributed by atoms with E-state index in [-0.39, 0.29) is 0 Å². The number of aromatic amines is 1. The molecule has 1 N–H and O–H groups in total. The van der Waals surface area contributed by atoms with Crippen LogP contribution in [0.25, 0.3) is 11.2 Å². The fraction of sp³-hybridized carbons (Fsp3) is 0.400. The van der Waals surface area contributed by atoms with Crippen molar-refractivity contribution in [1.82, 2.24) is 19.9 Å². The highest BCUT2D eigenvalue weighted by Crippen LogP contribution is 2.29. The van der Waals surface area contributed by atoms with Gasteiger partial charge in [-0.05, 0) is 56.6 Å². The lowest BCUT2D eigenvalue weighted by Crippen LogP contribution is -2.32. The molecule has 0 unspecified atom stereocenters. The highest BCUT2D eigenvalue weighted by molar-refractivity contribution is 5.71. The smallest absolute Gasteiger partial charge is 0.156 e. The first-order valence-electron chi connectivity index (χ1n) is 9.05. The van der Waals surface area contributed by atoms with Crippen molar-refractivity contribution in [1.29, 1.82) is 0 Å². The van der Waals surface area contributed by atoms with Gasteiger partial charge in [-0.25, -0.2) is 4.98 Å². The van der Waals surface area contributed by atoms with Crippen molar-refractivity contribution in [2.45, 2.75) is 32.2 Å². The van der Waals surface area contributed by atoms with Crippen LogP contribution in [-0.4, -0.2) is 39.5 Å². The minimum absolute atomic E-state index is 0.576. The summed E-state index contributed by atoms with van der Waals surface area (Å²) in [6.45, 7) is 5.97. The molecule has 3 aromatic rings. The third kappa shape index (κ3) is 3.66. The largest absolute Gasteiger partial charge is 0.494 e. The number of fused-ring (bicyclic) bond motifs is 1. The van der Waals surface area contributed by atoms with Gasteiger partial charge in [-0.15, -0.1) is 0 Å². The quantitative estimate of drug-likeness (QED) is 0.771. The molecule has 0 saturated carbocycles. The van der Waals surface area contributed by atoms with Gasteiger partial charge < -0.3 is 9.72 Å². The van der Waals surface area contributed by atoms with Crippen LogP contribution >= 0.6 is 0 Å². The zero-order valence-electron chi connectivity index (χ0n) is 14.6. The van der Waals surface area contributed by atoms with Crippen molar-refractivity contribution >= 4 is 11.2 Å². The van der Waals surface area contributed by atoms with Crippen LogP contribution in [0.15, 0.2) is 42.7 Å². The zero-order chi connectivity index (χ0) is 17.1. The van der Waals surface area contributed by atoms with Crippen LogP contribution in [-0.2, 0) is 6.54 Å². The second-order valence-electron chi connectivity index (χ2n) is 6.64. The molecule has 0 aliphatic carbocycles. The number of nitrogens with zero attached hydrogens (tertiary/aromatic N) is 3. The molecule has 1 fully saturated rings. The molecule has 25 heavy (non-hydrogen) atoms. The first-order valence-corrected chi connectivity index (χ1v) is 9.05. The minimum Gasteiger partial charge on any atom is -0.494 e. The fourth-order valence-corrected chi connectivity index (χ4v) is 3.61. The van der Waals surface area contributed by atoms with E-state index in [1.54, 1.807) is 12.4 Å². The maximum atomic E-state index is 5.51. The first-order chi connectivity index (χ1) is 12.3. The number of aromatic nitrogens is 3. The molecule has 0 radical (unpaired) electrons. The molecule has 0 amide bonds. The van der Waals surface area contributed by atoms with Gasteiger partial charge >= 0.3 is 0 Å². The van der Waals surface area contributed by atoms with Crippen molar-refractivity contribution in [3.05, 3.63) is 54.0 Å². The molecule has 5 nitrogen and oxygen atoms in total. The summed E-state index contributed by atoms with van der Waals surface area (Å²) in [7, 11) is 0. The van der Waals surface area contributed by atoms with Crippen molar-refractivity contribution in [3.63, 3.8) is 0 Å². The number of H-pyrrole nitrogens is 1. The number of benzene rings is 1. The lowest BCUT2D eigenvalue weighted by molar-refractivity contribution is 0.203. The van der Waals surface area contributed by atoms with E-state index < -0.39 is 0 Å². The molecule has 5 heteroatoms. The van der Waals surface area contributed by atoms with E-state index in [4.69, 9.17) is 4.74 Å². The Kier molecular flexibility index (Phi) is 4.65. The average Bonchev–Trinajstić information content (AvgIpc) is 3.08. The van der Waals surface area contributed by atoms with Crippen molar-refractivity contribution < 1.29 is 4.74 Å². The summed E-state index contributed by atoms with van der Waals surface area (Å²) in [5.41, 5.74) is 4.49. The van der Waals surface area contributed by atoms with Crippen LogP contribution in [0.2, 0.25) is 0 Å². The summed E-state index contributed by atoms with van der Waals surface area (Å²) in [4.78, 5) is 14.7. The maximum absolute atomic E-state index is 5.51. The maximum Gasteiger partial charge on any atom is 0.156 e. The summed E-state index contributed by atoms with van der Waals surface area (Å²) in [5.74, 6) is 1.53. The lowest BCUT2D eigenvalue weighted by atomic mass is 9.93. The van der Waals surface area contributed by atoms with Gasteiger partial charge in [0.15, 0.2) is 5.65 Å². The Morgan fingerprint density at radius 3 is 2.60 bits per heavy atom. The van der Waals surface area contributed by atoms with Gasteiger partial charge in [0.2, 0.25) is 0 Å². The highest BCUT2D eigenvalue weighted by Gasteiger charge is 2.22. The molecule has 2 aromatic heterocycles. The van der Waals surface area contributed by atoms with Gasteiger partial charge in [-0.3, -0.25) is 9.88 Å². The predicted molar refractivity (Wildman–Crippen MR) is 98.8 cm³/mol. The van der Waals surface area contributed by atoms with E-state index in [1.807, 2.05) is 6.92 Å². The Hall–Kier alpha value is -2.40. The van der Waals surface area contributed by atoms with Gasteiger partial charge in [0.1, 0.15) is 11.3 Å². The fourth-order valence-electron chi connectivity index (χ4n) is 3.61. The summed E-state index contributed by atoms with van der Waals surface area (Å²) in [5, 5.41) is 0. The summed E-state index contributed by atoms with van der Waals surface area (Å²) in [6.07, 6.45) is 5.83. The first kappa shape index (κ1) is 16.1. The molecule has 1 aliphatic heterocycles. The molecule has 0 bridgehead atoms. The molecular formula is C20H24N4O. The van der Waals surface area contributed by atoms with Gasteiger partial charge in [-0.1, -0.05) is 12.1 Å². The molecule has 1 aliphatic rings. The Morgan fingerprint density at radius 1 is 1.12 bits per heavy atom. The predicted octanol–water partition coefficient (Wildman–Crippen LogP) is 3.74. The Labute approximate surface area is 148 Å². The SMILES string of the molecule is CCOc1ccc(CN2CCC(c3cc4nccnc4[nH]3)CC2)cc1. The number of piperidine rings is 1. The summed E-state index contributed by atoms with van der Waals surface area (Å²) >= 11 is 0. The molecule has 0 atom stereocenters. The molecule has 0 spiro atoms. The number of nitrogens with one attached hydrogen (secondary N) is 1. The standard InChI is InChI=1S/C20H24N4O/c1-2-25-17-5-3-15(4-6-17)14-24-11-7-16(8-12-24)18-13-19-20(23-18)22-10-9-21-19/h3-6,9-10,13,16H,2,7-8,11-12,14H2,1H3,(H,22,23). The van der Waals surface area contributed by atoms with E-state index >= 15 is 0 Å². The van der Waals surface area contributed by atoms with Crippen LogP contribution in [0, 0.1) is 0 Å². The normalized spacial score (nSPS) is 16.4. The minimum atomic E-state index is 0.576. The van der Waals surface area contributed by atoms with Crippen LogP contribution in [0.4, 0.5) is 0 Å². The summed E-state index contributed by atoms with van der Waals surface area (Å²) in [6, 6.07) is 10.6. The Morgan fingerprint density at radius 2 is 1.88 bits per heavy atom. The number of hydrogen-bond acceptors (Lipinski definition) is 4.